The molecule has 0 N–H and O–H groups in total. The molecule has 0 saturated heterocycles. The lowest BCUT2D eigenvalue weighted by Crippen LogP contribution is -2.27. The lowest BCUT2D eigenvalue weighted by Gasteiger charge is -2.19. The SMILES string of the molecule is COC(=O)c1ccc(S(=O)(=O)N(C)Cc2cccc(OC(F)F)c2)c(Cl)c1. The molecule has 0 bridgehead atoms. The van der Waals surface area contributed by atoms with Crippen molar-refractivity contribution in [3.63, 3.8) is 0 Å². The Bertz CT molecular complexity index is 937. The van der Waals surface area contributed by atoms with Crippen molar-refractivity contribution in [1.29, 1.82) is 0 Å². The molecule has 2 aromatic carbocycles. The van der Waals surface area contributed by atoms with Gasteiger partial charge in [0.1, 0.15) is 10.6 Å². The second-order valence-corrected chi connectivity index (χ2v) is 7.84. The quantitative estimate of drug-likeness (QED) is 0.642. The number of esters is 1. The number of nitrogens with zero attached hydrogens (tertiary/aromatic N) is 1. The van der Waals surface area contributed by atoms with E-state index >= 15 is 0 Å². The molecule has 6 nitrogen and oxygen atoms in total. The number of methoxy groups -OCH3 is 1. The molecule has 0 aliphatic heterocycles. The number of hydrogen-bond donors (Lipinski definition) is 0. The number of carbonyl (C=O) groups excluding carboxylic acids is 1. The van der Waals surface area contributed by atoms with E-state index in [1.807, 2.05) is 0 Å². The zero-order valence-electron chi connectivity index (χ0n) is 14.4. The summed E-state index contributed by atoms with van der Waals surface area (Å²) in [7, 11) is -1.48. The Morgan fingerprint density at radius 1 is 1.22 bits per heavy atom. The highest BCUT2D eigenvalue weighted by molar-refractivity contribution is 7.89. The molecule has 0 aromatic heterocycles. The van der Waals surface area contributed by atoms with Crippen molar-refractivity contribution in [3.8, 4) is 5.75 Å². The number of alkyl halides is 2. The molecule has 27 heavy (non-hydrogen) atoms. The van der Waals surface area contributed by atoms with E-state index < -0.39 is 22.6 Å². The lowest BCUT2D eigenvalue weighted by molar-refractivity contribution is -0.0499. The molecular formula is C17H16ClF2NO5S. The molecule has 2 aromatic rings. The number of rotatable bonds is 7. The van der Waals surface area contributed by atoms with Crippen molar-refractivity contribution in [2.24, 2.45) is 0 Å². The van der Waals surface area contributed by atoms with Crippen molar-refractivity contribution in [2.45, 2.75) is 18.1 Å². The van der Waals surface area contributed by atoms with Gasteiger partial charge in [0.2, 0.25) is 10.0 Å². The monoisotopic (exact) mass is 419 g/mol. The number of sulfonamides is 1. The highest BCUT2D eigenvalue weighted by Gasteiger charge is 2.25. The van der Waals surface area contributed by atoms with Gasteiger partial charge in [-0.3, -0.25) is 0 Å². The van der Waals surface area contributed by atoms with Crippen LogP contribution in [0.1, 0.15) is 15.9 Å². The van der Waals surface area contributed by atoms with Crippen LogP contribution in [-0.2, 0) is 21.3 Å². The predicted molar refractivity (Wildman–Crippen MR) is 94.5 cm³/mol. The normalized spacial score (nSPS) is 11.7. The molecule has 0 spiro atoms. The molecule has 0 atom stereocenters. The van der Waals surface area contributed by atoms with Crippen molar-refractivity contribution < 1.29 is 31.5 Å². The summed E-state index contributed by atoms with van der Waals surface area (Å²) in [4.78, 5) is 11.3. The van der Waals surface area contributed by atoms with E-state index in [0.29, 0.717) is 5.56 Å². The molecule has 0 unspecified atom stereocenters. The van der Waals surface area contributed by atoms with E-state index in [1.54, 1.807) is 6.07 Å². The van der Waals surface area contributed by atoms with Crippen LogP contribution in [0.4, 0.5) is 8.78 Å². The standard InChI is InChI=1S/C17H16ClF2NO5S/c1-21(10-11-4-3-5-13(8-11)26-17(19)20)27(23,24)15-7-6-12(9-14(15)18)16(22)25-2/h3-9,17H,10H2,1-2H3. The fourth-order valence-electron chi connectivity index (χ4n) is 2.28. The smallest absolute Gasteiger partial charge is 0.387 e. The summed E-state index contributed by atoms with van der Waals surface area (Å²) < 4.78 is 60.0. The number of benzene rings is 2. The summed E-state index contributed by atoms with van der Waals surface area (Å²) in [5.74, 6) is -0.723. The van der Waals surface area contributed by atoms with Crippen LogP contribution in [-0.4, -0.2) is 39.5 Å². The maximum absolute atomic E-state index is 12.7. The molecule has 0 amide bonds. The predicted octanol–water partition coefficient (Wildman–Crippen LogP) is 3.55. The zero-order chi connectivity index (χ0) is 20.2. The van der Waals surface area contributed by atoms with E-state index in [-0.39, 0.29) is 27.8 Å². The topological polar surface area (TPSA) is 72.9 Å². The van der Waals surface area contributed by atoms with Gasteiger partial charge in [0.15, 0.2) is 0 Å². The van der Waals surface area contributed by atoms with Gasteiger partial charge in [0, 0.05) is 13.6 Å². The first-order chi connectivity index (χ1) is 12.6. The Kier molecular flexibility index (Phi) is 6.74. The Hall–Kier alpha value is -2.23. The summed E-state index contributed by atoms with van der Waals surface area (Å²) in [6.45, 7) is -3.08. The fraction of sp³-hybridized carbons (Fsp3) is 0.235. The summed E-state index contributed by atoms with van der Waals surface area (Å²) in [5, 5.41) is -0.139. The van der Waals surface area contributed by atoms with Gasteiger partial charge >= 0.3 is 12.6 Å². The van der Waals surface area contributed by atoms with Crippen LogP contribution in [0.2, 0.25) is 5.02 Å². The van der Waals surface area contributed by atoms with Crippen LogP contribution >= 0.6 is 11.6 Å². The Morgan fingerprint density at radius 3 is 2.52 bits per heavy atom. The van der Waals surface area contributed by atoms with Crippen molar-refractivity contribution in [1.82, 2.24) is 4.31 Å². The molecule has 0 fully saturated rings. The van der Waals surface area contributed by atoms with Gasteiger partial charge in [0.25, 0.3) is 0 Å². The van der Waals surface area contributed by atoms with Gasteiger partial charge in [-0.1, -0.05) is 23.7 Å². The largest absolute Gasteiger partial charge is 0.465 e. The first-order valence-corrected chi connectivity index (χ1v) is 9.35. The highest BCUT2D eigenvalue weighted by atomic mass is 35.5. The Morgan fingerprint density at radius 2 is 1.93 bits per heavy atom. The summed E-state index contributed by atoms with van der Waals surface area (Å²) in [5.41, 5.74) is 0.558. The minimum absolute atomic E-state index is 0.0752. The third kappa shape index (κ3) is 5.15. The Balaban J connectivity index is 2.25. The number of carbonyl (C=O) groups is 1. The fourth-order valence-corrected chi connectivity index (χ4v) is 3.96. The van der Waals surface area contributed by atoms with Gasteiger partial charge < -0.3 is 9.47 Å². The van der Waals surface area contributed by atoms with Crippen LogP contribution < -0.4 is 4.74 Å². The van der Waals surface area contributed by atoms with Gasteiger partial charge in [-0.15, -0.1) is 0 Å². The molecular weight excluding hydrogens is 404 g/mol. The molecule has 0 heterocycles. The van der Waals surface area contributed by atoms with Crippen molar-refractivity contribution in [2.75, 3.05) is 14.2 Å². The van der Waals surface area contributed by atoms with E-state index in [2.05, 4.69) is 9.47 Å². The van der Waals surface area contributed by atoms with Gasteiger partial charge in [-0.2, -0.15) is 13.1 Å². The second-order valence-electron chi connectivity index (χ2n) is 5.42. The first kappa shape index (κ1) is 21.1. The van der Waals surface area contributed by atoms with Crippen molar-refractivity contribution >= 4 is 27.6 Å². The molecule has 0 aliphatic carbocycles. The maximum Gasteiger partial charge on any atom is 0.387 e. The first-order valence-electron chi connectivity index (χ1n) is 7.53. The minimum Gasteiger partial charge on any atom is -0.465 e. The van der Waals surface area contributed by atoms with E-state index in [0.717, 1.165) is 4.31 Å². The molecule has 0 radical (unpaired) electrons. The van der Waals surface area contributed by atoms with Gasteiger partial charge in [0.05, 0.1) is 17.7 Å². The molecule has 146 valence electrons. The van der Waals surface area contributed by atoms with E-state index in [9.17, 15) is 22.0 Å². The van der Waals surface area contributed by atoms with Crippen LogP contribution in [0.15, 0.2) is 47.4 Å². The zero-order valence-corrected chi connectivity index (χ0v) is 15.9. The van der Waals surface area contributed by atoms with Gasteiger partial charge in [-0.05, 0) is 35.9 Å². The third-order valence-electron chi connectivity index (χ3n) is 3.57. The van der Waals surface area contributed by atoms with Gasteiger partial charge in [-0.25, -0.2) is 13.2 Å². The lowest BCUT2D eigenvalue weighted by atomic mass is 10.2. The highest BCUT2D eigenvalue weighted by Crippen LogP contribution is 2.27. The van der Waals surface area contributed by atoms with E-state index in [1.165, 1.54) is 50.6 Å². The molecule has 0 saturated carbocycles. The molecule has 2 rings (SSSR count). The van der Waals surface area contributed by atoms with Crippen molar-refractivity contribution in [3.05, 3.63) is 58.6 Å². The van der Waals surface area contributed by atoms with Crippen LogP contribution in [0.25, 0.3) is 0 Å². The maximum atomic E-state index is 12.7. The second kappa shape index (κ2) is 8.64. The summed E-state index contributed by atoms with van der Waals surface area (Å²) in [6.07, 6.45) is 0. The van der Waals surface area contributed by atoms with Crippen LogP contribution in [0, 0.1) is 0 Å². The average molecular weight is 420 g/mol. The third-order valence-corrected chi connectivity index (χ3v) is 5.86. The molecule has 0 aliphatic rings. The summed E-state index contributed by atoms with van der Waals surface area (Å²) >= 11 is 6.03. The Labute approximate surface area is 160 Å². The summed E-state index contributed by atoms with van der Waals surface area (Å²) in [6, 6.07) is 9.40. The molecule has 10 heteroatoms. The number of halogens is 3. The van der Waals surface area contributed by atoms with E-state index in [4.69, 9.17) is 11.6 Å². The number of ether oxygens (including phenoxy) is 2. The minimum atomic E-state index is -3.99. The van der Waals surface area contributed by atoms with Crippen LogP contribution in [0.5, 0.6) is 5.75 Å². The average Bonchev–Trinajstić information content (AvgIpc) is 2.60. The van der Waals surface area contributed by atoms with Crippen LogP contribution in [0.3, 0.4) is 0 Å². The number of hydrogen-bond acceptors (Lipinski definition) is 5.